The van der Waals surface area contributed by atoms with Gasteiger partial charge in [-0.3, -0.25) is 4.98 Å². The fourth-order valence-corrected chi connectivity index (χ4v) is 1.86. The number of aromatic nitrogens is 1. The highest BCUT2D eigenvalue weighted by Gasteiger charge is 2.44. The SMILES string of the molecule is CN(C)C1(CCOc2cccnc2)CC1.Cl.Cl. The minimum atomic E-state index is 0. The van der Waals surface area contributed by atoms with E-state index in [4.69, 9.17) is 4.74 Å². The highest BCUT2D eigenvalue weighted by Crippen LogP contribution is 2.42. The summed E-state index contributed by atoms with van der Waals surface area (Å²) < 4.78 is 5.64. The number of halogens is 2. The molecule has 1 saturated carbocycles. The second-order valence-electron chi connectivity index (χ2n) is 4.41. The van der Waals surface area contributed by atoms with Crippen molar-refractivity contribution in [2.75, 3.05) is 20.7 Å². The fourth-order valence-electron chi connectivity index (χ4n) is 1.86. The van der Waals surface area contributed by atoms with Crippen LogP contribution >= 0.6 is 24.8 Å². The lowest BCUT2D eigenvalue weighted by molar-refractivity contribution is 0.205. The van der Waals surface area contributed by atoms with Gasteiger partial charge in [0.15, 0.2) is 0 Å². The summed E-state index contributed by atoms with van der Waals surface area (Å²) in [6, 6.07) is 3.84. The van der Waals surface area contributed by atoms with Crippen LogP contribution in [0.4, 0.5) is 0 Å². The zero-order valence-electron chi connectivity index (χ0n) is 10.3. The van der Waals surface area contributed by atoms with Crippen LogP contribution in [0.5, 0.6) is 5.75 Å². The first-order chi connectivity index (χ1) is 7.23. The molecule has 0 aromatic carbocycles. The van der Waals surface area contributed by atoms with Gasteiger partial charge in [0.2, 0.25) is 0 Å². The van der Waals surface area contributed by atoms with Crippen LogP contribution in [0, 0.1) is 0 Å². The summed E-state index contributed by atoms with van der Waals surface area (Å²) in [4.78, 5) is 6.33. The number of hydrogen-bond donors (Lipinski definition) is 0. The molecule has 1 aromatic heterocycles. The molecule has 2 rings (SSSR count). The predicted molar refractivity (Wildman–Crippen MR) is 74.5 cm³/mol. The summed E-state index contributed by atoms with van der Waals surface area (Å²) in [5.74, 6) is 0.868. The van der Waals surface area contributed by atoms with E-state index in [1.54, 1.807) is 12.4 Å². The topological polar surface area (TPSA) is 25.4 Å². The van der Waals surface area contributed by atoms with Crippen molar-refractivity contribution in [3.63, 3.8) is 0 Å². The molecule has 1 fully saturated rings. The summed E-state index contributed by atoms with van der Waals surface area (Å²) in [5.41, 5.74) is 0.419. The Kier molecular flexibility index (Phi) is 6.83. The van der Waals surface area contributed by atoms with Gasteiger partial charge in [-0.25, -0.2) is 0 Å². The molecule has 1 aromatic rings. The zero-order valence-corrected chi connectivity index (χ0v) is 11.9. The predicted octanol–water partition coefficient (Wildman–Crippen LogP) is 2.79. The molecule has 1 heterocycles. The first kappa shape index (κ1) is 16.5. The summed E-state index contributed by atoms with van der Waals surface area (Å²) in [6.45, 7) is 0.782. The summed E-state index contributed by atoms with van der Waals surface area (Å²) in [7, 11) is 4.30. The van der Waals surface area contributed by atoms with Crippen molar-refractivity contribution < 1.29 is 4.74 Å². The molecule has 0 spiro atoms. The molecule has 1 aliphatic rings. The number of ether oxygens (including phenoxy) is 1. The van der Waals surface area contributed by atoms with Crippen LogP contribution < -0.4 is 4.74 Å². The van der Waals surface area contributed by atoms with Gasteiger partial charge in [-0.2, -0.15) is 0 Å². The van der Waals surface area contributed by atoms with Gasteiger partial charge in [-0.15, -0.1) is 24.8 Å². The summed E-state index contributed by atoms with van der Waals surface area (Å²) in [5, 5.41) is 0. The molecule has 0 bridgehead atoms. The molecule has 1 aliphatic carbocycles. The fraction of sp³-hybridized carbons (Fsp3) is 0.583. The molecule has 5 heteroatoms. The maximum atomic E-state index is 5.64. The smallest absolute Gasteiger partial charge is 0.137 e. The van der Waals surface area contributed by atoms with E-state index in [2.05, 4.69) is 24.0 Å². The van der Waals surface area contributed by atoms with Crippen LogP contribution in [0.1, 0.15) is 19.3 Å². The molecule has 0 radical (unpaired) electrons. The van der Waals surface area contributed by atoms with Crippen molar-refractivity contribution in [3.8, 4) is 5.75 Å². The number of nitrogens with zero attached hydrogens (tertiary/aromatic N) is 2. The van der Waals surface area contributed by atoms with E-state index >= 15 is 0 Å². The van der Waals surface area contributed by atoms with Crippen LogP contribution in [-0.4, -0.2) is 36.1 Å². The van der Waals surface area contributed by atoms with Gasteiger partial charge in [-0.05, 0) is 45.5 Å². The van der Waals surface area contributed by atoms with Crippen LogP contribution in [0.15, 0.2) is 24.5 Å². The van der Waals surface area contributed by atoms with E-state index < -0.39 is 0 Å². The van der Waals surface area contributed by atoms with E-state index in [9.17, 15) is 0 Å². The Labute approximate surface area is 115 Å². The molecule has 0 unspecified atom stereocenters. The van der Waals surface area contributed by atoms with Gasteiger partial charge in [0.05, 0.1) is 12.8 Å². The normalized spacial score (nSPS) is 15.7. The van der Waals surface area contributed by atoms with Gasteiger partial charge in [0.1, 0.15) is 5.75 Å². The zero-order chi connectivity index (χ0) is 10.7. The standard InChI is InChI=1S/C12H18N2O.2ClH/c1-14(2)12(5-6-12)7-9-15-11-4-3-8-13-10-11;;/h3-4,8,10H,5-7,9H2,1-2H3;2*1H. The Hall–Kier alpha value is -0.510. The van der Waals surface area contributed by atoms with E-state index in [0.29, 0.717) is 5.54 Å². The Morgan fingerprint density at radius 1 is 1.35 bits per heavy atom. The third-order valence-corrected chi connectivity index (χ3v) is 3.25. The Morgan fingerprint density at radius 2 is 2.06 bits per heavy atom. The van der Waals surface area contributed by atoms with Gasteiger partial charge >= 0.3 is 0 Å². The van der Waals surface area contributed by atoms with Crippen molar-refractivity contribution in [3.05, 3.63) is 24.5 Å². The number of rotatable bonds is 5. The van der Waals surface area contributed by atoms with Crippen LogP contribution in [-0.2, 0) is 0 Å². The second-order valence-corrected chi connectivity index (χ2v) is 4.41. The molecule has 0 amide bonds. The molecular formula is C12H20Cl2N2O. The second kappa shape index (κ2) is 7.04. The first-order valence-electron chi connectivity index (χ1n) is 5.43. The van der Waals surface area contributed by atoms with Crippen LogP contribution in [0.2, 0.25) is 0 Å². The van der Waals surface area contributed by atoms with Gasteiger partial charge in [0.25, 0.3) is 0 Å². The molecule has 0 aliphatic heterocycles. The van der Waals surface area contributed by atoms with E-state index in [1.165, 1.54) is 12.8 Å². The third-order valence-electron chi connectivity index (χ3n) is 3.25. The van der Waals surface area contributed by atoms with Crippen molar-refractivity contribution in [1.82, 2.24) is 9.88 Å². The maximum absolute atomic E-state index is 5.64. The minimum absolute atomic E-state index is 0. The average Bonchev–Trinajstić information content (AvgIpc) is 3.01. The maximum Gasteiger partial charge on any atom is 0.137 e. The Bertz CT molecular complexity index is 316. The van der Waals surface area contributed by atoms with Crippen LogP contribution in [0.3, 0.4) is 0 Å². The van der Waals surface area contributed by atoms with E-state index in [-0.39, 0.29) is 24.8 Å². The lowest BCUT2D eigenvalue weighted by Crippen LogP contribution is -2.31. The van der Waals surface area contributed by atoms with Crippen molar-refractivity contribution in [2.24, 2.45) is 0 Å². The lowest BCUT2D eigenvalue weighted by atomic mass is 10.2. The van der Waals surface area contributed by atoms with E-state index in [0.717, 1.165) is 18.8 Å². The first-order valence-corrected chi connectivity index (χ1v) is 5.43. The molecule has 0 atom stereocenters. The Balaban J connectivity index is 0.00000128. The van der Waals surface area contributed by atoms with Crippen molar-refractivity contribution >= 4 is 24.8 Å². The molecular weight excluding hydrogens is 259 g/mol. The number of pyridine rings is 1. The molecule has 17 heavy (non-hydrogen) atoms. The summed E-state index contributed by atoms with van der Waals surface area (Å²) in [6.07, 6.45) is 7.23. The third kappa shape index (κ3) is 4.34. The van der Waals surface area contributed by atoms with Gasteiger partial charge in [-0.1, -0.05) is 0 Å². The molecule has 3 nitrogen and oxygen atoms in total. The van der Waals surface area contributed by atoms with E-state index in [1.807, 2.05) is 12.1 Å². The van der Waals surface area contributed by atoms with Gasteiger partial charge in [0, 0.05) is 11.7 Å². The Morgan fingerprint density at radius 3 is 2.53 bits per heavy atom. The average molecular weight is 279 g/mol. The lowest BCUT2D eigenvalue weighted by Gasteiger charge is -2.23. The number of hydrogen-bond acceptors (Lipinski definition) is 3. The van der Waals surface area contributed by atoms with Crippen LogP contribution in [0.25, 0.3) is 0 Å². The quantitative estimate of drug-likeness (QED) is 0.828. The monoisotopic (exact) mass is 278 g/mol. The summed E-state index contributed by atoms with van der Waals surface area (Å²) >= 11 is 0. The van der Waals surface area contributed by atoms with Crippen molar-refractivity contribution in [1.29, 1.82) is 0 Å². The molecule has 0 saturated heterocycles. The minimum Gasteiger partial charge on any atom is -0.492 e. The highest BCUT2D eigenvalue weighted by atomic mass is 35.5. The highest BCUT2D eigenvalue weighted by molar-refractivity contribution is 5.85. The molecule has 0 N–H and O–H groups in total. The molecule has 98 valence electrons. The largest absolute Gasteiger partial charge is 0.492 e. The van der Waals surface area contributed by atoms with Gasteiger partial charge < -0.3 is 9.64 Å². The van der Waals surface area contributed by atoms with Crippen molar-refractivity contribution in [2.45, 2.75) is 24.8 Å².